The van der Waals surface area contributed by atoms with Crippen molar-refractivity contribution >= 4 is 21.9 Å². The van der Waals surface area contributed by atoms with Crippen LogP contribution in [0.1, 0.15) is 15.9 Å². The molecule has 0 fully saturated rings. The van der Waals surface area contributed by atoms with E-state index in [2.05, 4.69) is 21.2 Å². The van der Waals surface area contributed by atoms with Crippen LogP contribution in [0.4, 0.5) is 13.2 Å². The molecule has 0 aromatic heterocycles. The van der Waals surface area contributed by atoms with Crippen molar-refractivity contribution in [2.75, 3.05) is 6.61 Å². The van der Waals surface area contributed by atoms with Crippen LogP contribution in [0.5, 0.6) is 0 Å². The third kappa shape index (κ3) is 4.48. The Morgan fingerprint density at radius 2 is 2.05 bits per heavy atom. The largest absolute Gasteiger partial charge is 0.478 e. The zero-order valence-corrected chi connectivity index (χ0v) is 11.1. The highest BCUT2D eigenvalue weighted by molar-refractivity contribution is 9.10. The van der Waals surface area contributed by atoms with Crippen LogP contribution in [0.25, 0.3) is 0 Å². The fraction of sp³-hybridized carbons (Fsp3) is 0.364. The van der Waals surface area contributed by atoms with Gasteiger partial charge in [-0.15, -0.1) is 0 Å². The van der Waals surface area contributed by atoms with Gasteiger partial charge in [-0.1, -0.05) is 22.0 Å². The van der Waals surface area contributed by atoms with Crippen molar-refractivity contribution in [2.24, 2.45) is 0 Å². The molecule has 1 unspecified atom stereocenters. The maximum Gasteiger partial charge on any atom is 0.406 e. The van der Waals surface area contributed by atoms with Gasteiger partial charge in [-0.25, -0.2) is 4.79 Å². The second kappa shape index (κ2) is 6.36. The maximum atomic E-state index is 12.4. The minimum absolute atomic E-state index is 0.0326. The van der Waals surface area contributed by atoms with Crippen LogP contribution in [0.15, 0.2) is 22.7 Å². The van der Waals surface area contributed by atoms with E-state index in [1.54, 1.807) is 0 Å². The first-order chi connectivity index (χ1) is 8.75. The average molecular weight is 342 g/mol. The highest BCUT2D eigenvalue weighted by Gasteiger charge is 2.38. The van der Waals surface area contributed by atoms with Gasteiger partial charge in [0, 0.05) is 11.0 Å². The Morgan fingerprint density at radius 1 is 1.42 bits per heavy atom. The molecule has 1 aromatic carbocycles. The summed E-state index contributed by atoms with van der Waals surface area (Å²) in [6.07, 6.45) is -4.54. The number of hydrogen-bond acceptors (Lipinski definition) is 3. The number of carboxylic acids is 1. The molecule has 3 N–H and O–H groups in total. The molecular weight excluding hydrogens is 331 g/mol. The second-order valence-corrected chi connectivity index (χ2v) is 4.62. The number of aliphatic hydroxyl groups is 1. The molecule has 0 heterocycles. The number of aliphatic hydroxyl groups excluding tert-OH is 1. The summed E-state index contributed by atoms with van der Waals surface area (Å²) < 4.78 is 37.5. The van der Waals surface area contributed by atoms with Gasteiger partial charge in [0.15, 0.2) is 0 Å². The van der Waals surface area contributed by atoms with Crippen LogP contribution in [0, 0.1) is 0 Å². The van der Waals surface area contributed by atoms with E-state index >= 15 is 0 Å². The Kier molecular flexibility index (Phi) is 5.33. The molecule has 106 valence electrons. The van der Waals surface area contributed by atoms with Gasteiger partial charge in [0.1, 0.15) is 6.04 Å². The zero-order valence-electron chi connectivity index (χ0n) is 9.54. The molecular formula is C11H11BrF3NO3. The Labute approximate surface area is 115 Å². The maximum absolute atomic E-state index is 12.4. The van der Waals surface area contributed by atoms with Gasteiger partial charge in [0.05, 0.1) is 12.2 Å². The molecule has 0 amide bonds. The summed E-state index contributed by atoms with van der Waals surface area (Å²) in [5.74, 6) is -1.12. The highest BCUT2D eigenvalue weighted by atomic mass is 79.9. The van der Waals surface area contributed by atoms with E-state index in [1.165, 1.54) is 18.2 Å². The van der Waals surface area contributed by atoms with Gasteiger partial charge in [-0.05, 0) is 17.7 Å². The van der Waals surface area contributed by atoms with Gasteiger partial charge in [-0.3, -0.25) is 0 Å². The van der Waals surface area contributed by atoms with Crippen LogP contribution in [0.3, 0.4) is 0 Å². The molecule has 0 aliphatic heterocycles. The molecule has 0 radical (unpaired) electrons. The predicted octanol–water partition coefficient (Wildman–Crippen LogP) is 2.16. The summed E-state index contributed by atoms with van der Waals surface area (Å²) in [7, 11) is 0. The number of carboxylic acid groups (broad SMARTS) is 1. The predicted molar refractivity (Wildman–Crippen MR) is 64.9 cm³/mol. The number of carbonyl (C=O) groups is 1. The average Bonchev–Trinajstić information content (AvgIpc) is 2.29. The number of alkyl halides is 3. The minimum Gasteiger partial charge on any atom is -0.478 e. The Bertz CT molecular complexity index is 465. The van der Waals surface area contributed by atoms with E-state index in [0.717, 1.165) is 0 Å². The lowest BCUT2D eigenvalue weighted by Crippen LogP contribution is -2.44. The second-order valence-electron chi connectivity index (χ2n) is 3.77. The zero-order chi connectivity index (χ0) is 14.6. The molecule has 0 spiro atoms. The van der Waals surface area contributed by atoms with E-state index < -0.39 is 24.8 Å². The van der Waals surface area contributed by atoms with Crippen molar-refractivity contribution in [3.05, 3.63) is 33.8 Å². The fourth-order valence-electron chi connectivity index (χ4n) is 1.34. The van der Waals surface area contributed by atoms with Crippen molar-refractivity contribution < 1.29 is 28.2 Å². The molecule has 1 aromatic rings. The van der Waals surface area contributed by atoms with E-state index in [-0.39, 0.29) is 12.1 Å². The molecule has 0 bridgehead atoms. The topological polar surface area (TPSA) is 69.6 Å². The molecule has 1 atom stereocenters. The molecule has 0 saturated carbocycles. The van der Waals surface area contributed by atoms with Crippen molar-refractivity contribution in [1.29, 1.82) is 0 Å². The smallest absolute Gasteiger partial charge is 0.406 e. The third-order valence-electron chi connectivity index (χ3n) is 2.42. The molecule has 0 aliphatic carbocycles. The number of benzene rings is 1. The van der Waals surface area contributed by atoms with Crippen molar-refractivity contribution in [1.82, 2.24) is 5.32 Å². The van der Waals surface area contributed by atoms with Gasteiger partial charge >= 0.3 is 12.1 Å². The van der Waals surface area contributed by atoms with Gasteiger partial charge in [0.2, 0.25) is 0 Å². The molecule has 8 heteroatoms. The SMILES string of the molecule is O=C(O)c1ccc(CNC(CO)C(F)(F)F)c(Br)c1. The Hall–Kier alpha value is -1.12. The van der Waals surface area contributed by atoms with Crippen LogP contribution < -0.4 is 5.32 Å². The quantitative estimate of drug-likeness (QED) is 0.767. The number of rotatable bonds is 5. The summed E-state index contributed by atoms with van der Waals surface area (Å²) in [5, 5.41) is 19.6. The van der Waals surface area contributed by atoms with Crippen LogP contribution in [0.2, 0.25) is 0 Å². The molecule has 0 saturated heterocycles. The summed E-state index contributed by atoms with van der Waals surface area (Å²) in [5.41, 5.74) is 0.498. The van der Waals surface area contributed by atoms with Gasteiger partial charge < -0.3 is 15.5 Å². The first-order valence-corrected chi connectivity index (χ1v) is 5.97. The lowest BCUT2D eigenvalue weighted by Gasteiger charge is -2.19. The van der Waals surface area contributed by atoms with E-state index in [1.807, 2.05) is 0 Å². The van der Waals surface area contributed by atoms with Crippen LogP contribution in [-0.2, 0) is 6.54 Å². The molecule has 1 rings (SSSR count). The van der Waals surface area contributed by atoms with Crippen molar-refractivity contribution in [2.45, 2.75) is 18.8 Å². The monoisotopic (exact) mass is 341 g/mol. The normalized spacial score (nSPS) is 13.3. The molecule has 4 nitrogen and oxygen atoms in total. The first kappa shape index (κ1) is 15.9. The summed E-state index contributed by atoms with van der Waals surface area (Å²) in [6.45, 7) is -1.21. The fourth-order valence-corrected chi connectivity index (χ4v) is 1.86. The van der Waals surface area contributed by atoms with Crippen molar-refractivity contribution in [3.63, 3.8) is 0 Å². The Morgan fingerprint density at radius 3 is 2.47 bits per heavy atom. The lowest BCUT2D eigenvalue weighted by molar-refractivity contribution is -0.164. The number of halogens is 4. The van der Waals surface area contributed by atoms with Crippen LogP contribution >= 0.6 is 15.9 Å². The summed E-state index contributed by atoms with van der Waals surface area (Å²) in [4.78, 5) is 10.7. The lowest BCUT2D eigenvalue weighted by atomic mass is 10.1. The molecule has 19 heavy (non-hydrogen) atoms. The Balaban J connectivity index is 2.76. The van der Waals surface area contributed by atoms with Gasteiger partial charge in [0.25, 0.3) is 0 Å². The minimum atomic E-state index is -4.54. The molecule has 0 aliphatic rings. The van der Waals surface area contributed by atoms with E-state index in [4.69, 9.17) is 10.2 Å². The summed E-state index contributed by atoms with van der Waals surface area (Å²) >= 11 is 3.09. The summed E-state index contributed by atoms with van der Waals surface area (Å²) in [6, 6.07) is 2.00. The van der Waals surface area contributed by atoms with E-state index in [9.17, 15) is 18.0 Å². The first-order valence-electron chi connectivity index (χ1n) is 5.18. The third-order valence-corrected chi connectivity index (χ3v) is 3.15. The number of nitrogens with one attached hydrogen (secondary N) is 1. The van der Waals surface area contributed by atoms with Crippen molar-refractivity contribution in [3.8, 4) is 0 Å². The van der Waals surface area contributed by atoms with Crippen LogP contribution in [-0.4, -0.2) is 35.0 Å². The standard InChI is InChI=1S/C11H11BrF3NO3/c12-8-3-6(10(18)19)1-2-7(8)4-16-9(5-17)11(13,14)15/h1-3,9,16-17H,4-5H2,(H,18,19). The van der Waals surface area contributed by atoms with Gasteiger partial charge in [-0.2, -0.15) is 13.2 Å². The highest BCUT2D eigenvalue weighted by Crippen LogP contribution is 2.22. The van der Waals surface area contributed by atoms with E-state index in [0.29, 0.717) is 10.0 Å². The number of hydrogen-bond donors (Lipinski definition) is 3. The number of aromatic carboxylic acids is 1.